The first-order valence-electron chi connectivity index (χ1n) is 4.52. The van der Waals surface area contributed by atoms with Crippen LogP contribution in [0.1, 0.15) is 0 Å². The molecule has 0 amide bonds. The van der Waals surface area contributed by atoms with Gasteiger partial charge >= 0.3 is 10.0 Å². The highest BCUT2D eigenvalue weighted by Gasteiger charge is 1.88. The Balaban J connectivity index is 0.000000195. The van der Waals surface area contributed by atoms with E-state index in [1.807, 2.05) is 24.3 Å². The molecule has 0 radical (unpaired) electrons. The second kappa shape index (κ2) is 7.05. The third-order valence-corrected chi connectivity index (χ3v) is 2.08. The van der Waals surface area contributed by atoms with Crippen molar-refractivity contribution in [1.29, 1.82) is 0 Å². The van der Waals surface area contributed by atoms with E-state index in [1.54, 1.807) is 26.6 Å². The van der Waals surface area contributed by atoms with Gasteiger partial charge in [0, 0.05) is 26.6 Å². The molecule has 4 nitrogen and oxygen atoms in total. The Hall–Kier alpha value is -1.30. The minimum Gasteiger partial charge on any atom is -0.402 e. The topological polar surface area (TPSA) is 44.2 Å². The van der Waals surface area contributed by atoms with Gasteiger partial charge in [-0.25, -0.2) is 0 Å². The van der Waals surface area contributed by atoms with Crippen molar-refractivity contribution in [3.8, 4) is 0 Å². The molecule has 0 unspecified atom stereocenters. The molecule has 2 rings (SSSR count). The third kappa shape index (κ3) is 4.16. The van der Waals surface area contributed by atoms with Crippen LogP contribution in [0.2, 0.25) is 0 Å². The Bertz CT molecular complexity index is 330. The van der Waals surface area contributed by atoms with E-state index in [9.17, 15) is 0 Å². The van der Waals surface area contributed by atoms with Crippen LogP contribution in [0.25, 0.3) is 11.0 Å². The molecule has 0 saturated carbocycles. The highest BCUT2D eigenvalue weighted by Crippen LogP contribution is 2.04. The summed E-state index contributed by atoms with van der Waals surface area (Å²) in [5, 5.41) is 0. The highest BCUT2D eigenvalue weighted by molar-refractivity contribution is 6.17. The number of nitrogens with zero attached hydrogens (tertiary/aromatic N) is 2. The van der Waals surface area contributed by atoms with Gasteiger partial charge in [0.1, 0.15) is 0 Å². The normalized spacial score (nSPS) is 9.47. The molecular formula is C10H14N2O2Si. The van der Waals surface area contributed by atoms with Crippen molar-refractivity contribution < 1.29 is 8.85 Å². The molecule has 0 bridgehead atoms. The quantitative estimate of drug-likeness (QED) is 0.708. The van der Waals surface area contributed by atoms with Gasteiger partial charge in [0.2, 0.25) is 0 Å². The van der Waals surface area contributed by atoms with Gasteiger partial charge in [0.05, 0.1) is 11.0 Å². The summed E-state index contributed by atoms with van der Waals surface area (Å²) in [5.41, 5.74) is 1.90. The zero-order chi connectivity index (χ0) is 10.9. The average molecular weight is 222 g/mol. The molecule has 0 aliphatic rings. The molecule has 80 valence electrons. The molecule has 2 heterocycles. The summed E-state index contributed by atoms with van der Waals surface area (Å²) in [6, 6.07) is 7.66. The highest BCUT2D eigenvalue weighted by atomic mass is 28.3. The predicted molar refractivity (Wildman–Crippen MR) is 62.1 cm³/mol. The van der Waals surface area contributed by atoms with Crippen molar-refractivity contribution in [1.82, 2.24) is 9.97 Å². The van der Waals surface area contributed by atoms with Crippen LogP contribution >= 0.6 is 0 Å². The average Bonchev–Trinajstić information content (AvgIpc) is 2.31. The summed E-state index contributed by atoms with van der Waals surface area (Å²) in [7, 11) is 2.73. The van der Waals surface area contributed by atoms with E-state index in [1.165, 1.54) is 0 Å². The zero-order valence-corrected chi connectivity index (χ0v) is 10.3. The van der Waals surface area contributed by atoms with E-state index in [0.29, 0.717) is 0 Å². The number of rotatable bonds is 2. The van der Waals surface area contributed by atoms with E-state index in [2.05, 4.69) is 18.8 Å². The molecule has 0 saturated heterocycles. The lowest BCUT2D eigenvalue weighted by Gasteiger charge is -1.90. The molecule has 0 aliphatic heterocycles. The minimum atomic E-state index is -0.568. The maximum Gasteiger partial charge on any atom is 0.303 e. The second-order valence-electron chi connectivity index (χ2n) is 2.74. The monoisotopic (exact) mass is 222 g/mol. The van der Waals surface area contributed by atoms with E-state index in [4.69, 9.17) is 0 Å². The summed E-state index contributed by atoms with van der Waals surface area (Å²) in [6.45, 7) is 0. The minimum absolute atomic E-state index is 0.568. The van der Waals surface area contributed by atoms with Crippen molar-refractivity contribution >= 4 is 21.0 Å². The Morgan fingerprint density at radius 3 is 1.73 bits per heavy atom. The van der Waals surface area contributed by atoms with Crippen LogP contribution in [-0.2, 0) is 8.85 Å². The summed E-state index contributed by atoms with van der Waals surface area (Å²) in [5.74, 6) is 0. The van der Waals surface area contributed by atoms with E-state index >= 15 is 0 Å². The summed E-state index contributed by atoms with van der Waals surface area (Å²) >= 11 is 0. The molecule has 5 heteroatoms. The first-order valence-corrected chi connectivity index (χ1v) is 5.67. The molecule has 0 atom stereocenters. The number of aromatic nitrogens is 2. The third-order valence-electron chi connectivity index (χ3n) is 1.61. The van der Waals surface area contributed by atoms with Crippen molar-refractivity contribution in [2.24, 2.45) is 0 Å². The SMILES string of the molecule is CO[SiH2]OC.c1cnc2cccnc2c1. The molecule has 15 heavy (non-hydrogen) atoms. The predicted octanol–water partition coefficient (Wildman–Crippen LogP) is 0.908. The molecular weight excluding hydrogens is 208 g/mol. The number of hydrogen-bond donors (Lipinski definition) is 0. The lowest BCUT2D eigenvalue weighted by Crippen LogP contribution is -1.93. The molecule has 0 fully saturated rings. The molecule has 2 aromatic heterocycles. The molecule has 0 N–H and O–H groups in total. The molecule has 0 aromatic carbocycles. The molecule has 0 aliphatic carbocycles. The van der Waals surface area contributed by atoms with Crippen molar-refractivity contribution in [3.63, 3.8) is 0 Å². The van der Waals surface area contributed by atoms with Gasteiger partial charge in [-0.1, -0.05) is 0 Å². The van der Waals surface area contributed by atoms with Crippen molar-refractivity contribution in [2.75, 3.05) is 14.2 Å². The van der Waals surface area contributed by atoms with Crippen molar-refractivity contribution in [3.05, 3.63) is 36.7 Å². The summed E-state index contributed by atoms with van der Waals surface area (Å²) < 4.78 is 9.22. The maximum absolute atomic E-state index is 4.61. The van der Waals surface area contributed by atoms with Crippen LogP contribution in [0.5, 0.6) is 0 Å². The Kier molecular flexibility index (Phi) is 5.53. The van der Waals surface area contributed by atoms with Crippen LogP contribution in [0.3, 0.4) is 0 Å². The van der Waals surface area contributed by atoms with Gasteiger partial charge in [0.15, 0.2) is 0 Å². The number of pyridine rings is 2. The van der Waals surface area contributed by atoms with E-state index in [-0.39, 0.29) is 0 Å². The Morgan fingerprint density at radius 1 is 0.933 bits per heavy atom. The second-order valence-corrected chi connectivity index (χ2v) is 4.13. The fourth-order valence-corrected chi connectivity index (χ4v) is 1.26. The van der Waals surface area contributed by atoms with Crippen LogP contribution in [0.4, 0.5) is 0 Å². The van der Waals surface area contributed by atoms with Gasteiger partial charge in [-0.05, 0) is 24.3 Å². The van der Waals surface area contributed by atoms with Crippen molar-refractivity contribution in [2.45, 2.75) is 0 Å². The maximum atomic E-state index is 4.61. The van der Waals surface area contributed by atoms with Crippen LogP contribution in [-0.4, -0.2) is 34.2 Å². The van der Waals surface area contributed by atoms with Crippen LogP contribution in [0.15, 0.2) is 36.7 Å². The van der Waals surface area contributed by atoms with Gasteiger partial charge < -0.3 is 8.85 Å². The van der Waals surface area contributed by atoms with E-state index < -0.39 is 10.0 Å². The van der Waals surface area contributed by atoms with Gasteiger partial charge in [0.25, 0.3) is 0 Å². The first kappa shape index (κ1) is 11.8. The van der Waals surface area contributed by atoms with E-state index in [0.717, 1.165) is 11.0 Å². The smallest absolute Gasteiger partial charge is 0.303 e. The fraction of sp³-hybridized carbons (Fsp3) is 0.200. The fourth-order valence-electron chi connectivity index (χ4n) is 1.02. The van der Waals surface area contributed by atoms with Crippen LogP contribution in [0, 0.1) is 0 Å². The number of hydrogen-bond acceptors (Lipinski definition) is 4. The summed E-state index contributed by atoms with van der Waals surface area (Å²) in [4.78, 5) is 8.24. The van der Waals surface area contributed by atoms with Gasteiger partial charge in [-0.2, -0.15) is 0 Å². The largest absolute Gasteiger partial charge is 0.402 e. The van der Waals surface area contributed by atoms with Crippen LogP contribution < -0.4 is 0 Å². The first-order chi connectivity index (χ1) is 7.38. The Morgan fingerprint density at radius 2 is 1.40 bits per heavy atom. The number of fused-ring (bicyclic) bond motifs is 1. The molecule has 0 spiro atoms. The summed E-state index contributed by atoms with van der Waals surface area (Å²) in [6.07, 6.45) is 3.54. The van der Waals surface area contributed by atoms with Gasteiger partial charge in [-0.3, -0.25) is 9.97 Å². The Labute approximate surface area is 91.3 Å². The van der Waals surface area contributed by atoms with Gasteiger partial charge in [-0.15, -0.1) is 0 Å². The lowest BCUT2D eigenvalue weighted by molar-refractivity contribution is 0.309. The molecule has 2 aromatic rings. The standard InChI is InChI=1S/C8H6N2.C2H8O2Si/c1-3-7-8(9-5-1)4-2-6-10-7;1-3-5-4-2/h1-6H;5H2,1-2H3. The lowest BCUT2D eigenvalue weighted by atomic mass is 10.3. The zero-order valence-electron chi connectivity index (χ0n) is 8.88.